The Morgan fingerprint density at radius 2 is 1.89 bits per heavy atom. The molecule has 3 heterocycles. The van der Waals surface area contributed by atoms with Gasteiger partial charge in [0.2, 0.25) is 0 Å². The molecule has 0 unspecified atom stereocenters. The van der Waals surface area contributed by atoms with E-state index in [0.717, 1.165) is 14.4 Å². The molecular weight excluding hydrogens is 464 g/mol. The molecule has 1 aliphatic heterocycles. The molecule has 1 fully saturated rings. The van der Waals surface area contributed by atoms with Crippen molar-refractivity contribution >= 4 is 55.9 Å². The van der Waals surface area contributed by atoms with Crippen LogP contribution in [-0.4, -0.2) is 46.9 Å². The summed E-state index contributed by atoms with van der Waals surface area (Å²) >= 11 is 6.47. The molecule has 0 saturated carbocycles. The first-order valence-corrected chi connectivity index (χ1v) is 11.1. The largest absolute Gasteiger partial charge is 0.362 e. The number of nitro benzene ring substituents is 1. The monoisotopic (exact) mass is 478 g/mol. The lowest BCUT2D eigenvalue weighted by Gasteiger charge is -2.35. The topological polar surface area (TPSA) is 79.6 Å². The smallest absolute Gasteiger partial charge is 0.292 e. The highest BCUT2D eigenvalue weighted by atomic mass is 79.9. The highest BCUT2D eigenvalue weighted by molar-refractivity contribution is 9.10. The number of nitrogens with zero attached hydrogens (tertiary/aromatic N) is 4. The van der Waals surface area contributed by atoms with Crippen molar-refractivity contribution in [2.24, 2.45) is 0 Å². The van der Waals surface area contributed by atoms with Crippen LogP contribution in [0.1, 0.15) is 10.5 Å². The van der Waals surface area contributed by atoms with E-state index in [2.05, 4.69) is 20.9 Å². The fourth-order valence-corrected chi connectivity index (χ4v) is 5.41. The van der Waals surface area contributed by atoms with E-state index in [4.69, 9.17) is 0 Å². The Hall–Kier alpha value is -2.30. The molecule has 0 spiro atoms. The summed E-state index contributed by atoms with van der Waals surface area (Å²) in [7, 11) is 0. The number of anilines is 1. The van der Waals surface area contributed by atoms with Crippen molar-refractivity contribution in [2.45, 2.75) is 0 Å². The van der Waals surface area contributed by atoms with Crippen molar-refractivity contribution in [2.75, 3.05) is 31.1 Å². The molecule has 2 aromatic heterocycles. The van der Waals surface area contributed by atoms with Crippen LogP contribution in [-0.2, 0) is 0 Å². The molecule has 0 bridgehead atoms. The molecular formula is C18H15BrN4O3S2. The number of thiophene rings is 1. The summed E-state index contributed by atoms with van der Waals surface area (Å²) in [5.41, 5.74) is 1.14. The van der Waals surface area contributed by atoms with E-state index in [0.29, 0.717) is 37.6 Å². The van der Waals surface area contributed by atoms with E-state index in [1.807, 2.05) is 16.3 Å². The number of nitro groups is 1. The third-order valence-electron chi connectivity index (χ3n) is 4.49. The van der Waals surface area contributed by atoms with Crippen molar-refractivity contribution in [3.8, 4) is 9.88 Å². The van der Waals surface area contributed by atoms with Crippen molar-refractivity contribution in [1.82, 2.24) is 9.88 Å². The Morgan fingerprint density at radius 1 is 1.14 bits per heavy atom. The van der Waals surface area contributed by atoms with Gasteiger partial charge in [0.05, 0.1) is 9.80 Å². The summed E-state index contributed by atoms with van der Waals surface area (Å²) in [6.07, 6.45) is 0. The van der Waals surface area contributed by atoms with Gasteiger partial charge in [-0.05, 0) is 28.1 Å². The molecule has 0 radical (unpaired) electrons. The first kappa shape index (κ1) is 19.0. The molecule has 1 saturated heterocycles. The zero-order valence-corrected chi connectivity index (χ0v) is 17.8. The lowest BCUT2D eigenvalue weighted by molar-refractivity contribution is -0.384. The maximum absolute atomic E-state index is 12.8. The summed E-state index contributed by atoms with van der Waals surface area (Å²) in [4.78, 5) is 32.9. The molecule has 1 aliphatic rings. The van der Waals surface area contributed by atoms with E-state index in [1.165, 1.54) is 17.4 Å². The van der Waals surface area contributed by atoms with Gasteiger partial charge >= 0.3 is 0 Å². The summed E-state index contributed by atoms with van der Waals surface area (Å²) in [6.45, 7) is 2.10. The van der Waals surface area contributed by atoms with Crippen LogP contribution in [0, 0.1) is 10.1 Å². The number of thiazole rings is 1. The predicted molar refractivity (Wildman–Crippen MR) is 114 cm³/mol. The SMILES string of the molecule is O=C(c1csc(-c2cc(Br)cs2)n1)N1CCN(c2ccccc2[N+](=O)[O-])CC1. The average Bonchev–Trinajstić information content (AvgIpc) is 3.36. The van der Waals surface area contributed by atoms with Crippen molar-refractivity contribution in [3.05, 3.63) is 61.4 Å². The molecule has 144 valence electrons. The van der Waals surface area contributed by atoms with Crippen LogP contribution >= 0.6 is 38.6 Å². The summed E-state index contributed by atoms with van der Waals surface area (Å²) in [6, 6.07) is 8.70. The molecule has 0 atom stereocenters. The number of hydrogen-bond donors (Lipinski definition) is 0. The van der Waals surface area contributed by atoms with E-state index in [1.54, 1.807) is 39.8 Å². The van der Waals surface area contributed by atoms with Crippen LogP contribution in [0.15, 0.2) is 45.6 Å². The standard InChI is InChI=1S/C18H15BrN4O3S2/c19-12-9-16(27-10-12)17-20-13(11-28-17)18(24)22-7-5-21(6-8-22)14-3-1-2-4-15(14)23(25)26/h1-4,9-11H,5-8H2. The van der Waals surface area contributed by atoms with Gasteiger partial charge in [-0.2, -0.15) is 0 Å². The lowest BCUT2D eigenvalue weighted by atomic mass is 10.2. The number of halogens is 1. The first-order chi connectivity index (χ1) is 13.5. The lowest BCUT2D eigenvalue weighted by Crippen LogP contribution is -2.49. The molecule has 1 aromatic carbocycles. The second-order valence-corrected chi connectivity index (χ2v) is 8.88. The van der Waals surface area contributed by atoms with Gasteiger partial charge in [-0.15, -0.1) is 22.7 Å². The highest BCUT2D eigenvalue weighted by Crippen LogP contribution is 2.32. The van der Waals surface area contributed by atoms with Crippen LogP contribution in [0.3, 0.4) is 0 Å². The van der Waals surface area contributed by atoms with E-state index in [-0.39, 0.29) is 16.5 Å². The Kier molecular flexibility index (Phi) is 5.42. The molecule has 10 heteroatoms. The molecule has 0 aliphatic carbocycles. The van der Waals surface area contributed by atoms with Crippen molar-refractivity contribution < 1.29 is 9.72 Å². The second-order valence-electron chi connectivity index (χ2n) is 6.19. The molecule has 3 aromatic rings. The second kappa shape index (κ2) is 7.98. The molecule has 7 nitrogen and oxygen atoms in total. The van der Waals surface area contributed by atoms with E-state index < -0.39 is 0 Å². The van der Waals surface area contributed by atoms with Crippen molar-refractivity contribution in [1.29, 1.82) is 0 Å². The molecule has 1 amide bonds. The Balaban J connectivity index is 1.44. The van der Waals surface area contributed by atoms with Gasteiger partial charge in [0.15, 0.2) is 0 Å². The number of piperazine rings is 1. The Bertz CT molecular complexity index is 1030. The number of rotatable bonds is 4. The summed E-state index contributed by atoms with van der Waals surface area (Å²) < 4.78 is 1.00. The average molecular weight is 479 g/mol. The van der Waals surface area contributed by atoms with E-state index >= 15 is 0 Å². The quantitative estimate of drug-likeness (QED) is 0.407. The van der Waals surface area contributed by atoms with Crippen LogP contribution in [0.5, 0.6) is 0 Å². The summed E-state index contributed by atoms with van der Waals surface area (Å²) in [5, 5.41) is 15.9. The van der Waals surface area contributed by atoms with Crippen LogP contribution < -0.4 is 4.90 Å². The molecule has 0 N–H and O–H groups in total. The number of amides is 1. The fourth-order valence-electron chi connectivity index (χ4n) is 3.11. The minimum atomic E-state index is -0.368. The molecule has 4 rings (SSSR count). The predicted octanol–water partition coefficient (Wildman–Crippen LogP) is 4.50. The fraction of sp³-hybridized carbons (Fsp3) is 0.222. The highest BCUT2D eigenvalue weighted by Gasteiger charge is 2.27. The number of aromatic nitrogens is 1. The third-order valence-corrected chi connectivity index (χ3v) is 7.19. The Labute approximate surface area is 177 Å². The van der Waals surface area contributed by atoms with Gasteiger partial charge in [0, 0.05) is 47.5 Å². The number of carbonyl (C=O) groups is 1. The number of para-hydroxylation sites is 2. The zero-order valence-electron chi connectivity index (χ0n) is 14.6. The normalized spacial score (nSPS) is 14.3. The molecule has 28 heavy (non-hydrogen) atoms. The number of benzene rings is 1. The first-order valence-electron chi connectivity index (χ1n) is 8.50. The van der Waals surface area contributed by atoms with Gasteiger partial charge in [0.25, 0.3) is 11.6 Å². The minimum Gasteiger partial charge on any atom is -0.362 e. The van der Waals surface area contributed by atoms with Crippen LogP contribution in [0.25, 0.3) is 9.88 Å². The van der Waals surface area contributed by atoms with E-state index in [9.17, 15) is 14.9 Å². The zero-order chi connectivity index (χ0) is 19.7. The van der Waals surface area contributed by atoms with Gasteiger partial charge in [-0.3, -0.25) is 14.9 Å². The maximum atomic E-state index is 12.8. The van der Waals surface area contributed by atoms with Gasteiger partial charge in [-0.1, -0.05) is 12.1 Å². The maximum Gasteiger partial charge on any atom is 0.292 e. The van der Waals surface area contributed by atoms with Crippen LogP contribution in [0.4, 0.5) is 11.4 Å². The van der Waals surface area contributed by atoms with Crippen molar-refractivity contribution in [3.63, 3.8) is 0 Å². The number of hydrogen-bond acceptors (Lipinski definition) is 7. The van der Waals surface area contributed by atoms with Gasteiger partial charge in [0.1, 0.15) is 16.4 Å². The van der Waals surface area contributed by atoms with Gasteiger partial charge < -0.3 is 9.80 Å². The Morgan fingerprint density at radius 3 is 2.57 bits per heavy atom. The number of carbonyl (C=O) groups excluding carboxylic acids is 1. The summed E-state index contributed by atoms with van der Waals surface area (Å²) in [5.74, 6) is -0.0969. The van der Waals surface area contributed by atoms with Gasteiger partial charge in [-0.25, -0.2) is 4.98 Å². The minimum absolute atomic E-state index is 0.0912. The van der Waals surface area contributed by atoms with Crippen LogP contribution in [0.2, 0.25) is 0 Å². The third kappa shape index (κ3) is 3.80.